The van der Waals surface area contributed by atoms with E-state index in [0.717, 1.165) is 30.6 Å². The number of fused-ring (bicyclic) bond motifs is 1. The predicted octanol–water partition coefficient (Wildman–Crippen LogP) is 5.67. The Bertz CT molecular complexity index is 993. The molecule has 5 heteroatoms. The van der Waals surface area contributed by atoms with Gasteiger partial charge in [0.1, 0.15) is 0 Å². The molecule has 0 aromatic carbocycles. The van der Waals surface area contributed by atoms with Crippen molar-refractivity contribution in [2.45, 2.75) is 79.2 Å². The van der Waals surface area contributed by atoms with Crippen LogP contribution in [0.5, 0.6) is 0 Å². The van der Waals surface area contributed by atoms with Crippen molar-refractivity contribution in [2.75, 3.05) is 5.73 Å². The Balaban J connectivity index is 1.51. The van der Waals surface area contributed by atoms with E-state index in [0.29, 0.717) is 17.2 Å². The lowest BCUT2D eigenvalue weighted by Gasteiger charge is -2.40. The maximum Gasteiger partial charge on any atom is 0.307 e. The second kappa shape index (κ2) is 9.80. The van der Waals surface area contributed by atoms with Crippen LogP contribution in [-0.4, -0.2) is 14.5 Å². The highest BCUT2D eigenvalue weighted by Crippen LogP contribution is 2.45. The zero-order valence-corrected chi connectivity index (χ0v) is 20.1. The van der Waals surface area contributed by atoms with Crippen LogP contribution in [0.2, 0.25) is 0 Å². The van der Waals surface area contributed by atoms with Gasteiger partial charge in [-0.05, 0) is 70.1 Å². The molecule has 2 aromatic rings. The van der Waals surface area contributed by atoms with Gasteiger partial charge in [0.15, 0.2) is 18.5 Å². The maximum absolute atomic E-state index is 6.08. The first kappa shape index (κ1) is 23.2. The number of aryl methyl sites for hydroxylation is 1. The molecule has 1 saturated carbocycles. The van der Waals surface area contributed by atoms with Crippen molar-refractivity contribution in [3.63, 3.8) is 0 Å². The Morgan fingerprint density at radius 1 is 1.26 bits per heavy atom. The van der Waals surface area contributed by atoms with Gasteiger partial charge in [-0.1, -0.05) is 54.3 Å². The van der Waals surface area contributed by atoms with E-state index in [1.165, 1.54) is 55.2 Å². The van der Waals surface area contributed by atoms with Crippen LogP contribution >= 0.6 is 0 Å². The van der Waals surface area contributed by atoms with E-state index in [2.05, 4.69) is 61.0 Å². The quantitative estimate of drug-likeness (QED) is 0.440. The molecule has 1 atom stereocenters. The number of hydrogen-bond acceptors (Lipinski definition) is 3. The van der Waals surface area contributed by atoms with Gasteiger partial charge < -0.3 is 5.73 Å². The summed E-state index contributed by atoms with van der Waals surface area (Å²) in [5.74, 6) is 1.19. The van der Waals surface area contributed by atoms with E-state index in [1.54, 1.807) is 0 Å². The summed E-state index contributed by atoms with van der Waals surface area (Å²) < 4.78 is 4.11. The molecule has 3 rings (SSSR count). The third kappa shape index (κ3) is 5.63. The van der Waals surface area contributed by atoms with Gasteiger partial charge in [-0.2, -0.15) is 4.98 Å². The van der Waals surface area contributed by atoms with Gasteiger partial charge in [0.25, 0.3) is 0 Å². The molecule has 0 amide bonds. The normalized spacial score (nSPS) is 19.9. The maximum atomic E-state index is 6.08. The monoisotopic (exact) mass is 422 g/mol. The fraction of sp³-hybridized carbons (Fsp3) is 0.577. The van der Waals surface area contributed by atoms with Gasteiger partial charge in [-0.3, -0.25) is 4.57 Å². The number of rotatable bonds is 8. The molecule has 5 nitrogen and oxygen atoms in total. The molecule has 0 spiro atoms. The van der Waals surface area contributed by atoms with Crippen molar-refractivity contribution >= 4 is 17.0 Å². The minimum absolute atomic E-state index is 0.405. The molecule has 2 aromatic heterocycles. The summed E-state index contributed by atoms with van der Waals surface area (Å²) in [5.41, 5.74) is 12.6. The average molecular weight is 423 g/mol. The van der Waals surface area contributed by atoms with Gasteiger partial charge in [-0.15, -0.1) is 0 Å². The third-order valence-corrected chi connectivity index (χ3v) is 7.02. The molecule has 1 fully saturated rings. The summed E-state index contributed by atoms with van der Waals surface area (Å²) in [6, 6.07) is 0. The standard InChI is InChI=1S/C26H40N5/c1-19(12-13-22-21(3)11-8-15-26(22,4)5)9-7-10-20(2)14-16-31-18-30(6)25-23(31)24(27)28-17-29-25/h9,14,17-18,22H,3,7-8,10-13,15-16H2,1-2,4-6H3,(H2,27,28,29)/q+1/b19-9+,20-14+. The van der Waals surface area contributed by atoms with Crippen molar-refractivity contribution in [1.29, 1.82) is 0 Å². The lowest BCUT2D eigenvalue weighted by Crippen LogP contribution is -2.29. The largest absolute Gasteiger partial charge is 0.380 e. The second-order valence-corrected chi connectivity index (χ2v) is 10.0. The van der Waals surface area contributed by atoms with Gasteiger partial charge in [0.2, 0.25) is 5.52 Å². The highest BCUT2D eigenvalue weighted by molar-refractivity contribution is 5.79. The molecule has 168 valence electrons. The first-order valence-electron chi connectivity index (χ1n) is 11.6. The zero-order valence-electron chi connectivity index (χ0n) is 20.1. The lowest BCUT2D eigenvalue weighted by atomic mass is 9.65. The highest BCUT2D eigenvalue weighted by atomic mass is 15.2. The summed E-state index contributed by atoms with van der Waals surface area (Å²) in [6.07, 6.45) is 16.7. The minimum atomic E-state index is 0.405. The molecular weight excluding hydrogens is 382 g/mol. The lowest BCUT2D eigenvalue weighted by molar-refractivity contribution is -0.647. The molecule has 1 unspecified atom stereocenters. The number of anilines is 1. The summed E-state index contributed by atoms with van der Waals surface area (Å²) in [4.78, 5) is 8.48. The highest BCUT2D eigenvalue weighted by Gasteiger charge is 2.33. The Labute approximate surface area is 187 Å². The fourth-order valence-electron chi connectivity index (χ4n) is 5.02. The van der Waals surface area contributed by atoms with Gasteiger partial charge in [0, 0.05) is 0 Å². The number of allylic oxidation sites excluding steroid dienone is 5. The van der Waals surface area contributed by atoms with E-state index < -0.39 is 0 Å². The van der Waals surface area contributed by atoms with Crippen molar-refractivity contribution < 1.29 is 4.57 Å². The van der Waals surface area contributed by atoms with E-state index in [4.69, 9.17) is 5.73 Å². The average Bonchev–Trinajstić information content (AvgIpc) is 3.02. The Morgan fingerprint density at radius 3 is 2.74 bits per heavy atom. The molecule has 0 radical (unpaired) electrons. The van der Waals surface area contributed by atoms with Crippen LogP contribution in [0.25, 0.3) is 11.2 Å². The first-order chi connectivity index (χ1) is 14.7. The van der Waals surface area contributed by atoms with Crippen LogP contribution in [0.15, 0.2) is 48.1 Å². The Kier molecular flexibility index (Phi) is 7.34. The Hall–Kier alpha value is -2.43. The van der Waals surface area contributed by atoms with E-state index in [1.807, 2.05) is 17.9 Å². The summed E-state index contributed by atoms with van der Waals surface area (Å²) in [5, 5.41) is 0. The van der Waals surface area contributed by atoms with Crippen molar-refractivity contribution in [1.82, 2.24) is 14.5 Å². The molecule has 2 N–H and O–H groups in total. The number of imidazole rings is 1. The van der Waals surface area contributed by atoms with Crippen LogP contribution in [0.4, 0.5) is 5.82 Å². The van der Waals surface area contributed by atoms with Gasteiger partial charge >= 0.3 is 5.65 Å². The molecule has 31 heavy (non-hydrogen) atoms. The molecular formula is C26H40N5+. The van der Waals surface area contributed by atoms with Gasteiger partial charge in [-0.25, -0.2) is 4.57 Å². The SMILES string of the molecule is C=C1CCCC(C)(C)C1CC/C(C)=C/CC/C(C)=C/Cn1c[n+](C)c2ncnc(N)c21. The van der Waals surface area contributed by atoms with Crippen molar-refractivity contribution in [2.24, 2.45) is 18.4 Å². The third-order valence-electron chi connectivity index (χ3n) is 7.02. The summed E-state index contributed by atoms with van der Waals surface area (Å²) in [7, 11) is 1.99. The van der Waals surface area contributed by atoms with Crippen molar-refractivity contribution in [3.05, 3.63) is 48.1 Å². The van der Waals surface area contributed by atoms with E-state index in [-0.39, 0.29) is 0 Å². The molecule has 0 saturated heterocycles. The summed E-state index contributed by atoms with van der Waals surface area (Å²) in [6.45, 7) is 14.5. The number of nitrogens with two attached hydrogens (primary N) is 1. The van der Waals surface area contributed by atoms with Gasteiger partial charge in [0.05, 0.1) is 13.6 Å². The smallest absolute Gasteiger partial charge is 0.307 e. The molecule has 2 heterocycles. The minimum Gasteiger partial charge on any atom is -0.380 e. The molecule has 1 aliphatic rings. The van der Waals surface area contributed by atoms with E-state index >= 15 is 0 Å². The van der Waals surface area contributed by atoms with Crippen LogP contribution in [0, 0.1) is 11.3 Å². The summed E-state index contributed by atoms with van der Waals surface area (Å²) >= 11 is 0. The first-order valence-corrected chi connectivity index (χ1v) is 11.6. The topological polar surface area (TPSA) is 60.6 Å². The van der Waals surface area contributed by atoms with Crippen molar-refractivity contribution in [3.8, 4) is 0 Å². The van der Waals surface area contributed by atoms with Crippen LogP contribution in [-0.2, 0) is 13.6 Å². The predicted molar refractivity (Wildman–Crippen MR) is 129 cm³/mol. The second-order valence-electron chi connectivity index (χ2n) is 10.0. The number of hydrogen-bond donors (Lipinski definition) is 1. The number of nitrogen functional groups attached to an aromatic ring is 1. The molecule has 0 bridgehead atoms. The van der Waals surface area contributed by atoms with Crippen LogP contribution < -0.4 is 10.3 Å². The van der Waals surface area contributed by atoms with Crippen LogP contribution in [0.3, 0.4) is 0 Å². The zero-order chi connectivity index (χ0) is 22.6. The molecule has 0 aliphatic heterocycles. The fourth-order valence-corrected chi connectivity index (χ4v) is 5.02. The number of nitrogens with zero attached hydrogens (tertiary/aromatic N) is 4. The molecule has 1 aliphatic carbocycles. The van der Waals surface area contributed by atoms with E-state index in [9.17, 15) is 0 Å². The number of aromatic nitrogens is 4. The van der Waals surface area contributed by atoms with Crippen LogP contribution in [0.1, 0.15) is 72.6 Å². The Morgan fingerprint density at radius 2 is 2.00 bits per heavy atom.